The lowest BCUT2D eigenvalue weighted by molar-refractivity contribution is -0.142. The van der Waals surface area contributed by atoms with Crippen LogP contribution in [0.25, 0.3) is 0 Å². The highest BCUT2D eigenvalue weighted by Crippen LogP contribution is 2.11. The summed E-state index contributed by atoms with van der Waals surface area (Å²) in [5.74, 6) is -0.215. The summed E-state index contributed by atoms with van der Waals surface area (Å²) in [7, 11) is 3.03. The van der Waals surface area contributed by atoms with Gasteiger partial charge >= 0.3 is 5.97 Å². The van der Waals surface area contributed by atoms with Gasteiger partial charge in [0, 0.05) is 12.6 Å². The van der Waals surface area contributed by atoms with Gasteiger partial charge in [0.15, 0.2) is 0 Å². The zero-order chi connectivity index (χ0) is 11.0. The molecule has 84 valence electrons. The van der Waals surface area contributed by atoms with Crippen molar-refractivity contribution in [1.82, 2.24) is 5.32 Å². The Morgan fingerprint density at radius 2 is 2.07 bits per heavy atom. The number of rotatable bonds is 7. The van der Waals surface area contributed by atoms with Crippen molar-refractivity contribution in [2.24, 2.45) is 0 Å². The molecule has 0 aliphatic rings. The summed E-state index contributed by atoms with van der Waals surface area (Å²) in [5, 5.41) is 3.29. The molecule has 0 aliphatic carbocycles. The molecule has 4 heteroatoms. The van der Waals surface area contributed by atoms with Gasteiger partial charge in [0.2, 0.25) is 0 Å². The number of ether oxygens (including phenoxy) is 2. The number of carbonyl (C=O) groups is 1. The Morgan fingerprint density at radius 1 is 1.43 bits per heavy atom. The molecule has 1 unspecified atom stereocenters. The lowest BCUT2D eigenvalue weighted by atomic mass is 9.99. The van der Waals surface area contributed by atoms with Gasteiger partial charge in [-0.25, -0.2) is 0 Å². The molecule has 0 fully saturated rings. The summed E-state index contributed by atoms with van der Waals surface area (Å²) in [4.78, 5) is 11.1. The minimum atomic E-state index is -0.322. The van der Waals surface area contributed by atoms with Gasteiger partial charge in [-0.15, -0.1) is 0 Å². The van der Waals surface area contributed by atoms with Crippen molar-refractivity contribution in [3.63, 3.8) is 0 Å². The third-order valence-electron chi connectivity index (χ3n) is 2.03. The van der Waals surface area contributed by atoms with Crippen LogP contribution in [0.1, 0.15) is 26.7 Å². The maximum absolute atomic E-state index is 11.1. The van der Waals surface area contributed by atoms with Crippen LogP contribution < -0.4 is 5.32 Å². The van der Waals surface area contributed by atoms with Crippen LogP contribution in [0.2, 0.25) is 0 Å². The average molecular weight is 203 g/mol. The van der Waals surface area contributed by atoms with Crippen molar-refractivity contribution in [2.45, 2.75) is 32.2 Å². The minimum absolute atomic E-state index is 0.215. The lowest BCUT2D eigenvalue weighted by Gasteiger charge is -2.28. The Kier molecular flexibility index (Phi) is 6.49. The summed E-state index contributed by atoms with van der Waals surface area (Å²) in [6.07, 6.45) is 1.36. The Bertz CT molecular complexity index is 173. The average Bonchev–Trinajstić information content (AvgIpc) is 2.15. The highest BCUT2D eigenvalue weighted by atomic mass is 16.5. The van der Waals surface area contributed by atoms with Gasteiger partial charge in [-0.05, 0) is 19.9 Å². The molecule has 0 aliphatic heterocycles. The molecule has 0 amide bonds. The smallest absolute Gasteiger partial charge is 0.307 e. The first-order chi connectivity index (χ1) is 6.58. The monoisotopic (exact) mass is 203 g/mol. The Hall–Kier alpha value is -0.610. The highest BCUT2D eigenvalue weighted by Gasteiger charge is 2.27. The zero-order valence-corrected chi connectivity index (χ0v) is 9.55. The predicted molar refractivity (Wildman–Crippen MR) is 55.2 cm³/mol. The van der Waals surface area contributed by atoms with Gasteiger partial charge in [-0.1, -0.05) is 6.92 Å². The molecule has 0 rings (SSSR count). The fourth-order valence-corrected chi connectivity index (χ4v) is 1.30. The number of carbonyl (C=O) groups excluding carboxylic acids is 1. The van der Waals surface area contributed by atoms with Crippen LogP contribution in [0, 0.1) is 0 Å². The van der Waals surface area contributed by atoms with E-state index in [1.165, 1.54) is 7.11 Å². The third kappa shape index (κ3) is 5.19. The largest absolute Gasteiger partial charge is 0.469 e. The van der Waals surface area contributed by atoms with E-state index in [1.807, 2.05) is 6.92 Å². The van der Waals surface area contributed by atoms with Crippen molar-refractivity contribution >= 4 is 5.97 Å². The molecule has 0 aromatic rings. The molecule has 0 aromatic heterocycles. The number of hydrogen-bond acceptors (Lipinski definition) is 4. The first-order valence-electron chi connectivity index (χ1n) is 4.88. The van der Waals surface area contributed by atoms with Crippen LogP contribution in [0.3, 0.4) is 0 Å². The van der Waals surface area contributed by atoms with E-state index in [4.69, 9.17) is 4.74 Å². The maximum atomic E-state index is 11.1. The molecule has 0 heterocycles. The number of hydrogen-bond donors (Lipinski definition) is 1. The minimum Gasteiger partial charge on any atom is -0.469 e. The number of methoxy groups -OCH3 is 2. The van der Waals surface area contributed by atoms with Crippen LogP contribution in [0.4, 0.5) is 0 Å². The van der Waals surface area contributed by atoms with Crippen molar-refractivity contribution in [3.8, 4) is 0 Å². The van der Waals surface area contributed by atoms with Gasteiger partial charge in [0.05, 0.1) is 20.1 Å². The molecule has 4 nitrogen and oxygen atoms in total. The van der Waals surface area contributed by atoms with Gasteiger partial charge < -0.3 is 14.8 Å². The second-order valence-corrected chi connectivity index (χ2v) is 3.67. The Labute approximate surface area is 86.0 Å². The first-order valence-corrected chi connectivity index (χ1v) is 4.88. The lowest BCUT2D eigenvalue weighted by Crippen LogP contribution is -2.48. The number of nitrogens with one attached hydrogen (secondary N) is 1. The van der Waals surface area contributed by atoms with Gasteiger partial charge in [-0.3, -0.25) is 4.79 Å². The summed E-state index contributed by atoms with van der Waals surface area (Å²) in [6, 6.07) is 0. The molecule has 0 spiro atoms. The number of esters is 1. The molecule has 14 heavy (non-hydrogen) atoms. The van der Waals surface area contributed by atoms with E-state index < -0.39 is 0 Å². The molecular formula is C10H21NO3. The molecule has 0 saturated heterocycles. The Morgan fingerprint density at radius 3 is 2.50 bits per heavy atom. The van der Waals surface area contributed by atoms with E-state index in [2.05, 4.69) is 17.0 Å². The predicted octanol–water partition coefficient (Wildman–Crippen LogP) is 0.954. The molecule has 1 N–H and O–H groups in total. The quantitative estimate of drug-likeness (QED) is 0.626. The van der Waals surface area contributed by atoms with E-state index >= 15 is 0 Å². The SMILES string of the molecule is CCCNC(C)(COC)CC(=O)OC. The molecule has 0 bridgehead atoms. The van der Waals surface area contributed by atoms with Crippen LogP contribution in [0.15, 0.2) is 0 Å². The van der Waals surface area contributed by atoms with Crippen LogP contribution in [-0.2, 0) is 14.3 Å². The standard InChI is InChI=1S/C10H21NO3/c1-5-6-11-10(2,8-13-3)7-9(12)14-4/h11H,5-8H2,1-4H3. The van der Waals surface area contributed by atoms with Crippen molar-refractivity contribution < 1.29 is 14.3 Å². The second-order valence-electron chi connectivity index (χ2n) is 3.67. The van der Waals surface area contributed by atoms with E-state index in [9.17, 15) is 4.79 Å². The molecule has 0 aromatic carbocycles. The summed E-state index contributed by atoms with van der Waals surface area (Å²) in [6.45, 7) is 5.42. The third-order valence-corrected chi connectivity index (χ3v) is 2.03. The summed E-state index contributed by atoms with van der Waals surface area (Å²) < 4.78 is 9.72. The molecule has 1 atom stereocenters. The second kappa shape index (κ2) is 6.79. The van der Waals surface area contributed by atoms with Crippen LogP contribution >= 0.6 is 0 Å². The van der Waals surface area contributed by atoms with E-state index in [1.54, 1.807) is 7.11 Å². The molecule has 0 radical (unpaired) electrons. The Balaban J connectivity index is 4.14. The van der Waals surface area contributed by atoms with Gasteiger partial charge in [0.25, 0.3) is 0 Å². The van der Waals surface area contributed by atoms with Crippen molar-refractivity contribution in [3.05, 3.63) is 0 Å². The summed E-state index contributed by atoms with van der Waals surface area (Å²) in [5.41, 5.74) is -0.322. The van der Waals surface area contributed by atoms with Gasteiger partial charge in [0.1, 0.15) is 0 Å². The maximum Gasteiger partial charge on any atom is 0.307 e. The topological polar surface area (TPSA) is 47.6 Å². The van der Waals surface area contributed by atoms with Crippen LogP contribution in [0.5, 0.6) is 0 Å². The normalized spacial score (nSPS) is 14.9. The van der Waals surface area contributed by atoms with E-state index in [0.29, 0.717) is 13.0 Å². The van der Waals surface area contributed by atoms with Crippen molar-refractivity contribution in [2.75, 3.05) is 27.4 Å². The summed E-state index contributed by atoms with van der Waals surface area (Å²) >= 11 is 0. The van der Waals surface area contributed by atoms with Gasteiger partial charge in [-0.2, -0.15) is 0 Å². The zero-order valence-electron chi connectivity index (χ0n) is 9.55. The first kappa shape index (κ1) is 13.4. The fourth-order valence-electron chi connectivity index (χ4n) is 1.30. The molecule has 0 saturated carbocycles. The van der Waals surface area contributed by atoms with Crippen LogP contribution in [-0.4, -0.2) is 38.9 Å². The molecular weight excluding hydrogens is 182 g/mol. The van der Waals surface area contributed by atoms with E-state index in [-0.39, 0.29) is 11.5 Å². The van der Waals surface area contributed by atoms with E-state index in [0.717, 1.165) is 13.0 Å². The van der Waals surface area contributed by atoms with Crippen molar-refractivity contribution in [1.29, 1.82) is 0 Å². The fraction of sp³-hybridized carbons (Fsp3) is 0.900. The highest BCUT2D eigenvalue weighted by molar-refractivity contribution is 5.70.